The number of hydrogen-bond acceptors (Lipinski definition) is 4. The van der Waals surface area contributed by atoms with Crippen molar-refractivity contribution in [2.75, 3.05) is 18.5 Å². The van der Waals surface area contributed by atoms with Gasteiger partial charge in [-0.3, -0.25) is 9.13 Å². The van der Waals surface area contributed by atoms with E-state index in [4.69, 9.17) is 14.8 Å². The second-order valence-corrected chi connectivity index (χ2v) is 11.1. The van der Waals surface area contributed by atoms with E-state index in [1.807, 2.05) is 42.6 Å². The van der Waals surface area contributed by atoms with Gasteiger partial charge in [-0.1, -0.05) is 84.6 Å². The lowest BCUT2D eigenvalue weighted by Crippen LogP contribution is -2.15. The Bertz CT molecular complexity index is 1240. The molecule has 3 N–H and O–H groups in total. The van der Waals surface area contributed by atoms with Crippen molar-refractivity contribution in [2.45, 2.75) is 24.5 Å². The van der Waals surface area contributed by atoms with Crippen molar-refractivity contribution in [2.24, 2.45) is 0 Å². The van der Waals surface area contributed by atoms with Crippen LogP contribution in [0.25, 0.3) is 16.9 Å². The summed E-state index contributed by atoms with van der Waals surface area (Å²) < 4.78 is 13.1. The SMILES string of the molecule is O=P(O)(O)CCCNCc1ccc(CCSc2ncc(-c3ccccc3)n2-c2ccccc2)cc1. The van der Waals surface area contributed by atoms with Gasteiger partial charge in [0.2, 0.25) is 0 Å². The minimum absolute atomic E-state index is 0.0774. The van der Waals surface area contributed by atoms with Gasteiger partial charge in [0.1, 0.15) is 0 Å². The zero-order valence-electron chi connectivity index (χ0n) is 19.5. The fourth-order valence-electron chi connectivity index (χ4n) is 3.80. The fourth-order valence-corrected chi connectivity index (χ4v) is 5.35. The summed E-state index contributed by atoms with van der Waals surface area (Å²) in [5.74, 6) is 0.915. The number of aryl methyl sites for hydroxylation is 1. The van der Waals surface area contributed by atoms with Gasteiger partial charge < -0.3 is 15.1 Å². The van der Waals surface area contributed by atoms with E-state index in [2.05, 4.69) is 58.4 Å². The lowest BCUT2D eigenvalue weighted by atomic mass is 10.1. The standard InChI is InChI=1S/C27H30N3O3PS/c31-34(32,33)18-7-17-28-20-23-14-12-22(13-15-23)16-19-35-27-29-21-26(24-8-3-1-4-9-24)30(27)25-10-5-2-6-11-25/h1-6,8-15,21,28H,7,16-20H2,(H2,31,32,33). The van der Waals surface area contributed by atoms with Crippen molar-refractivity contribution >= 4 is 19.4 Å². The quantitative estimate of drug-likeness (QED) is 0.133. The van der Waals surface area contributed by atoms with Crippen molar-refractivity contribution < 1.29 is 14.4 Å². The first kappa shape index (κ1) is 25.4. The van der Waals surface area contributed by atoms with Crippen LogP contribution < -0.4 is 5.32 Å². The Hall–Kier alpha value is -2.67. The van der Waals surface area contributed by atoms with E-state index < -0.39 is 7.60 Å². The summed E-state index contributed by atoms with van der Waals surface area (Å²) in [6.07, 6.45) is 3.27. The Labute approximate surface area is 210 Å². The predicted octanol–water partition coefficient (Wildman–Crippen LogP) is 5.53. The molecule has 1 heterocycles. The average Bonchev–Trinajstić information content (AvgIpc) is 3.29. The Kier molecular flexibility index (Phi) is 8.96. The predicted molar refractivity (Wildman–Crippen MR) is 143 cm³/mol. The molecule has 0 aliphatic carbocycles. The molecule has 4 aromatic rings. The average molecular weight is 508 g/mol. The molecule has 6 nitrogen and oxygen atoms in total. The number of nitrogens with one attached hydrogen (secondary N) is 1. The Morgan fingerprint density at radius 1 is 0.886 bits per heavy atom. The summed E-state index contributed by atoms with van der Waals surface area (Å²) in [7, 11) is -3.90. The molecule has 8 heteroatoms. The monoisotopic (exact) mass is 507 g/mol. The molecule has 0 aliphatic heterocycles. The minimum atomic E-state index is -3.90. The number of nitrogens with zero attached hydrogens (tertiary/aromatic N) is 2. The molecule has 0 bridgehead atoms. The van der Waals surface area contributed by atoms with Crippen molar-refractivity contribution in [1.29, 1.82) is 0 Å². The van der Waals surface area contributed by atoms with E-state index >= 15 is 0 Å². The number of aromatic nitrogens is 2. The number of para-hydroxylation sites is 1. The maximum Gasteiger partial charge on any atom is 0.325 e. The van der Waals surface area contributed by atoms with Crippen molar-refractivity contribution in [1.82, 2.24) is 14.9 Å². The van der Waals surface area contributed by atoms with E-state index in [0.717, 1.165) is 39.8 Å². The first-order valence-electron chi connectivity index (χ1n) is 11.6. The third kappa shape index (κ3) is 7.66. The summed E-state index contributed by atoms with van der Waals surface area (Å²) in [6.45, 7) is 1.27. The third-order valence-corrected chi connectivity index (χ3v) is 7.44. The van der Waals surface area contributed by atoms with Crippen molar-refractivity contribution in [3.8, 4) is 16.9 Å². The van der Waals surface area contributed by atoms with Crippen LogP contribution in [0.5, 0.6) is 0 Å². The molecule has 1 aromatic heterocycles. The zero-order valence-corrected chi connectivity index (χ0v) is 21.2. The van der Waals surface area contributed by atoms with Crippen LogP contribution in [0.1, 0.15) is 17.5 Å². The highest BCUT2D eigenvalue weighted by Gasteiger charge is 2.14. The van der Waals surface area contributed by atoms with Gasteiger partial charge in [-0.15, -0.1) is 0 Å². The summed E-state index contributed by atoms with van der Waals surface area (Å²) >= 11 is 1.75. The van der Waals surface area contributed by atoms with Gasteiger partial charge in [0, 0.05) is 23.5 Å². The van der Waals surface area contributed by atoms with Crippen molar-refractivity contribution in [3.05, 3.63) is 102 Å². The van der Waals surface area contributed by atoms with E-state index in [0.29, 0.717) is 19.5 Å². The first-order valence-corrected chi connectivity index (χ1v) is 14.4. The van der Waals surface area contributed by atoms with Gasteiger partial charge in [0.25, 0.3) is 0 Å². The summed E-state index contributed by atoms with van der Waals surface area (Å²) in [5.41, 5.74) is 5.75. The molecule has 0 radical (unpaired) electrons. The van der Waals surface area contributed by atoms with Gasteiger partial charge in [-0.2, -0.15) is 0 Å². The molecule has 35 heavy (non-hydrogen) atoms. The third-order valence-electron chi connectivity index (χ3n) is 5.59. The van der Waals surface area contributed by atoms with Crippen LogP contribution in [0.2, 0.25) is 0 Å². The number of rotatable bonds is 12. The molecule has 4 rings (SSSR count). The topological polar surface area (TPSA) is 87.4 Å². The number of imidazole rings is 1. The number of thioether (sulfide) groups is 1. The molecule has 0 saturated carbocycles. The second kappa shape index (κ2) is 12.3. The number of hydrogen-bond donors (Lipinski definition) is 3. The van der Waals surface area contributed by atoms with Gasteiger partial charge >= 0.3 is 7.60 Å². The maximum atomic E-state index is 10.9. The molecule has 0 atom stereocenters. The summed E-state index contributed by atoms with van der Waals surface area (Å²) in [6, 6.07) is 29.2. The second-order valence-electron chi connectivity index (χ2n) is 8.30. The highest BCUT2D eigenvalue weighted by molar-refractivity contribution is 7.99. The van der Waals surface area contributed by atoms with Gasteiger partial charge in [-0.25, -0.2) is 4.98 Å². The van der Waals surface area contributed by atoms with Crippen LogP contribution in [-0.2, 0) is 17.5 Å². The van der Waals surface area contributed by atoms with E-state index in [1.165, 1.54) is 5.56 Å². The van der Waals surface area contributed by atoms with Crippen LogP contribution in [0.4, 0.5) is 0 Å². The number of benzene rings is 3. The van der Waals surface area contributed by atoms with E-state index in [-0.39, 0.29) is 6.16 Å². The minimum Gasteiger partial charge on any atom is -0.324 e. The molecule has 0 saturated heterocycles. The van der Waals surface area contributed by atoms with Crippen LogP contribution in [0, 0.1) is 0 Å². The van der Waals surface area contributed by atoms with E-state index in [1.54, 1.807) is 11.8 Å². The highest BCUT2D eigenvalue weighted by Crippen LogP contribution is 2.34. The van der Waals surface area contributed by atoms with Crippen LogP contribution >= 0.6 is 19.4 Å². The first-order chi connectivity index (χ1) is 17.0. The molecule has 182 valence electrons. The van der Waals surface area contributed by atoms with Crippen LogP contribution in [-0.4, -0.2) is 37.8 Å². The van der Waals surface area contributed by atoms with Crippen LogP contribution in [0.3, 0.4) is 0 Å². The van der Waals surface area contributed by atoms with Gasteiger partial charge in [0.15, 0.2) is 5.16 Å². The molecule has 0 unspecified atom stereocenters. The molecular weight excluding hydrogens is 477 g/mol. The molecule has 0 amide bonds. The smallest absolute Gasteiger partial charge is 0.324 e. The Morgan fingerprint density at radius 2 is 1.54 bits per heavy atom. The fraction of sp³-hybridized carbons (Fsp3) is 0.222. The maximum absolute atomic E-state index is 10.9. The Balaban J connectivity index is 1.34. The normalized spacial score (nSPS) is 11.6. The largest absolute Gasteiger partial charge is 0.325 e. The molecule has 3 aromatic carbocycles. The molecule has 0 fully saturated rings. The van der Waals surface area contributed by atoms with Crippen molar-refractivity contribution in [3.63, 3.8) is 0 Å². The summed E-state index contributed by atoms with van der Waals surface area (Å²) in [5, 5.41) is 4.22. The summed E-state index contributed by atoms with van der Waals surface area (Å²) in [4.78, 5) is 22.6. The van der Waals surface area contributed by atoms with Gasteiger partial charge in [0.05, 0.1) is 18.1 Å². The van der Waals surface area contributed by atoms with E-state index in [9.17, 15) is 4.57 Å². The molecule has 0 spiro atoms. The Morgan fingerprint density at radius 3 is 2.23 bits per heavy atom. The van der Waals surface area contributed by atoms with Gasteiger partial charge in [-0.05, 0) is 42.6 Å². The highest BCUT2D eigenvalue weighted by atomic mass is 32.2. The van der Waals surface area contributed by atoms with Crippen LogP contribution in [0.15, 0.2) is 96.3 Å². The lowest BCUT2D eigenvalue weighted by Gasteiger charge is -2.12. The molecule has 0 aliphatic rings. The molecular formula is C27H30N3O3PS. The lowest BCUT2D eigenvalue weighted by molar-refractivity contribution is 0.371. The zero-order chi connectivity index (χ0) is 24.5.